The lowest BCUT2D eigenvalue weighted by Crippen LogP contribution is -2.25. The third kappa shape index (κ3) is 1.48. The van der Waals surface area contributed by atoms with Gasteiger partial charge in [-0.3, -0.25) is 0 Å². The third-order valence-corrected chi connectivity index (χ3v) is 2.20. The zero-order valence-electron chi connectivity index (χ0n) is 6.49. The van der Waals surface area contributed by atoms with Crippen LogP contribution in [0.15, 0.2) is 0 Å². The highest BCUT2D eigenvalue weighted by molar-refractivity contribution is 4.86. The quantitative estimate of drug-likeness (QED) is 0.519. The molecule has 1 saturated carbocycles. The molecule has 2 unspecified atom stereocenters. The number of rotatable bonds is 1. The van der Waals surface area contributed by atoms with Gasteiger partial charge in [0.25, 0.3) is 0 Å². The summed E-state index contributed by atoms with van der Waals surface area (Å²) in [4.78, 5) is 2.04. The van der Waals surface area contributed by atoms with Gasteiger partial charge in [-0.2, -0.15) is 0 Å². The molecule has 0 saturated heterocycles. The molecule has 0 aromatic rings. The van der Waals surface area contributed by atoms with Gasteiger partial charge in [0.15, 0.2) is 0 Å². The molecule has 3 nitrogen and oxygen atoms in total. The van der Waals surface area contributed by atoms with Crippen LogP contribution in [0.1, 0.15) is 12.8 Å². The van der Waals surface area contributed by atoms with Gasteiger partial charge >= 0.3 is 0 Å². The molecule has 1 rings (SSSR count). The number of hydrogen-bond acceptors (Lipinski definition) is 3. The molecule has 0 spiro atoms. The van der Waals surface area contributed by atoms with Crippen molar-refractivity contribution in [1.29, 1.82) is 0 Å². The lowest BCUT2D eigenvalue weighted by atomic mass is 10.2. The molecule has 0 radical (unpaired) electrons. The average molecular weight is 145 g/mol. The summed E-state index contributed by atoms with van der Waals surface area (Å²) in [7, 11) is 3.94. The van der Waals surface area contributed by atoms with Crippen molar-refractivity contribution in [3.8, 4) is 0 Å². The fraction of sp³-hybridized carbons (Fsp3) is 1.00. The summed E-state index contributed by atoms with van der Waals surface area (Å²) >= 11 is 0. The van der Waals surface area contributed by atoms with E-state index in [0.29, 0.717) is 18.9 Å². The lowest BCUT2D eigenvalue weighted by Gasteiger charge is -2.17. The molecule has 0 bridgehead atoms. The van der Waals surface area contributed by atoms with Crippen LogP contribution in [-0.2, 0) is 0 Å². The van der Waals surface area contributed by atoms with E-state index in [0.717, 1.165) is 0 Å². The van der Waals surface area contributed by atoms with E-state index >= 15 is 0 Å². The van der Waals surface area contributed by atoms with Crippen LogP contribution in [0.4, 0.5) is 0 Å². The Bertz CT molecular complexity index is 106. The summed E-state index contributed by atoms with van der Waals surface area (Å²) < 4.78 is 0. The minimum absolute atomic E-state index is 0.352. The predicted octanol–water partition coefficient (Wildman–Crippen LogP) is -0.568. The Morgan fingerprint density at radius 1 is 1.10 bits per heavy atom. The number of aliphatic hydroxyl groups is 2. The van der Waals surface area contributed by atoms with Crippen molar-refractivity contribution in [2.75, 3.05) is 14.1 Å². The van der Waals surface area contributed by atoms with E-state index in [4.69, 9.17) is 10.2 Å². The van der Waals surface area contributed by atoms with Gasteiger partial charge in [-0.1, -0.05) is 0 Å². The Morgan fingerprint density at radius 2 is 1.50 bits per heavy atom. The summed E-state index contributed by atoms with van der Waals surface area (Å²) in [5.41, 5.74) is 0. The zero-order chi connectivity index (χ0) is 7.72. The zero-order valence-corrected chi connectivity index (χ0v) is 6.49. The van der Waals surface area contributed by atoms with Gasteiger partial charge in [0.2, 0.25) is 0 Å². The largest absolute Gasteiger partial charge is 0.390 e. The second-order valence-electron chi connectivity index (χ2n) is 3.22. The van der Waals surface area contributed by atoms with Gasteiger partial charge in [0, 0.05) is 6.04 Å². The molecule has 0 aromatic carbocycles. The standard InChI is InChI=1S/C7H15NO2/c1-8(2)5-3-6(9)7(10)4-5/h5-7,9-10H,3-4H2,1-2H3. The molecule has 1 fully saturated rings. The van der Waals surface area contributed by atoms with Crippen LogP contribution < -0.4 is 0 Å². The summed E-state index contributed by atoms with van der Waals surface area (Å²) in [6.07, 6.45) is 0.391. The Labute approximate surface area is 61.3 Å². The maximum atomic E-state index is 9.14. The van der Waals surface area contributed by atoms with Gasteiger partial charge < -0.3 is 15.1 Å². The smallest absolute Gasteiger partial charge is 0.0814 e. The van der Waals surface area contributed by atoms with E-state index in [-0.39, 0.29) is 0 Å². The number of hydrogen-bond donors (Lipinski definition) is 2. The van der Waals surface area contributed by atoms with Crippen LogP contribution in [0.25, 0.3) is 0 Å². The first-order valence-electron chi connectivity index (χ1n) is 3.64. The summed E-state index contributed by atoms with van der Waals surface area (Å²) in [6.45, 7) is 0. The lowest BCUT2D eigenvalue weighted by molar-refractivity contribution is 0.0438. The average Bonchev–Trinajstić information content (AvgIpc) is 2.13. The molecular formula is C7H15NO2. The molecule has 0 aromatic heterocycles. The van der Waals surface area contributed by atoms with E-state index in [1.54, 1.807) is 0 Å². The highest BCUT2D eigenvalue weighted by atomic mass is 16.3. The van der Waals surface area contributed by atoms with Crippen LogP contribution in [0.5, 0.6) is 0 Å². The maximum absolute atomic E-state index is 9.14. The SMILES string of the molecule is CN(C)C1CC(O)C(O)C1. The molecule has 1 aliphatic carbocycles. The molecule has 1 aliphatic rings. The third-order valence-electron chi connectivity index (χ3n) is 2.20. The Balaban J connectivity index is 2.41. The Morgan fingerprint density at radius 3 is 1.70 bits per heavy atom. The first-order chi connectivity index (χ1) is 4.61. The fourth-order valence-corrected chi connectivity index (χ4v) is 1.39. The summed E-state index contributed by atoms with van der Waals surface area (Å²) in [5.74, 6) is 0. The van der Waals surface area contributed by atoms with Crippen LogP contribution in [0, 0.1) is 0 Å². The molecule has 0 aliphatic heterocycles. The molecule has 60 valence electrons. The number of nitrogens with zero attached hydrogens (tertiary/aromatic N) is 1. The monoisotopic (exact) mass is 145 g/mol. The van der Waals surface area contributed by atoms with E-state index in [9.17, 15) is 0 Å². The van der Waals surface area contributed by atoms with Gasteiger partial charge in [-0.25, -0.2) is 0 Å². The molecule has 2 N–H and O–H groups in total. The Kier molecular flexibility index (Phi) is 2.28. The van der Waals surface area contributed by atoms with E-state index < -0.39 is 12.2 Å². The Hall–Kier alpha value is -0.120. The van der Waals surface area contributed by atoms with Crippen LogP contribution in [-0.4, -0.2) is 47.5 Å². The molecule has 0 amide bonds. The fourth-order valence-electron chi connectivity index (χ4n) is 1.39. The van der Waals surface area contributed by atoms with Crippen LogP contribution in [0.3, 0.4) is 0 Å². The van der Waals surface area contributed by atoms with Crippen molar-refractivity contribution in [3.63, 3.8) is 0 Å². The second-order valence-corrected chi connectivity index (χ2v) is 3.22. The van der Waals surface area contributed by atoms with Crippen molar-refractivity contribution in [3.05, 3.63) is 0 Å². The minimum Gasteiger partial charge on any atom is -0.390 e. The van der Waals surface area contributed by atoms with Gasteiger partial charge in [-0.15, -0.1) is 0 Å². The van der Waals surface area contributed by atoms with Crippen molar-refractivity contribution >= 4 is 0 Å². The van der Waals surface area contributed by atoms with Crippen LogP contribution in [0.2, 0.25) is 0 Å². The molecule has 2 atom stereocenters. The van der Waals surface area contributed by atoms with E-state index in [1.165, 1.54) is 0 Å². The van der Waals surface area contributed by atoms with Crippen molar-refractivity contribution in [2.45, 2.75) is 31.1 Å². The highest BCUT2D eigenvalue weighted by Crippen LogP contribution is 2.22. The van der Waals surface area contributed by atoms with E-state index in [2.05, 4.69) is 0 Å². The maximum Gasteiger partial charge on any atom is 0.0814 e. The van der Waals surface area contributed by atoms with Crippen molar-refractivity contribution < 1.29 is 10.2 Å². The van der Waals surface area contributed by atoms with E-state index in [1.807, 2.05) is 19.0 Å². The van der Waals surface area contributed by atoms with Gasteiger partial charge in [0.05, 0.1) is 12.2 Å². The van der Waals surface area contributed by atoms with Gasteiger partial charge in [0.1, 0.15) is 0 Å². The number of aliphatic hydroxyl groups excluding tert-OH is 2. The topological polar surface area (TPSA) is 43.7 Å². The van der Waals surface area contributed by atoms with Crippen molar-refractivity contribution in [2.24, 2.45) is 0 Å². The molecular weight excluding hydrogens is 130 g/mol. The van der Waals surface area contributed by atoms with Crippen molar-refractivity contribution in [1.82, 2.24) is 4.90 Å². The summed E-state index contributed by atoms with van der Waals surface area (Å²) in [5, 5.41) is 18.3. The second kappa shape index (κ2) is 2.86. The first kappa shape index (κ1) is 7.98. The highest BCUT2D eigenvalue weighted by Gasteiger charge is 2.32. The molecule has 3 heteroatoms. The minimum atomic E-state index is -0.507. The van der Waals surface area contributed by atoms with Gasteiger partial charge in [-0.05, 0) is 26.9 Å². The normalized spacial score (nSPS) is 41.1. The van der Waals surface area contributed by atoms with Crippen LogP contribution >= 0.6 is 0 Å². The predicted molar refractivity (Wildman–Crippen MR) is 38.7 cm³/mol. The molecule has 10 heavy (non-hydrogen) atoms. The molecule has 0 heterocycles. The first-order valence-corrected chi connectivity index (χ1v) is 3.64. The summed E-state index contributed by atoms with van der Waals surface area (Å²) in [6, 6.07) is 0.352.